The highest BCUT2D eigenvalue weighted by Crippen LogP contribution is 2.18. The van der Waals surface area contributed by atoms with E-state index in [1.807, 2.05) is 0 Å². The predicted octanol–water partition coefficient (Wildman–Crippen LogP) is 2.84. The number of benzene rings is 1. The predicted molar refractivity (Wildman–Crippen MR) is 86.0 cm³/mol. The molecule has 0 spiro atoms. The maximum absolute atomic E-state index is 13.8. The minimum atomic E-state index is -1.60. The standard InChI is InChI=1S/C18H19F3N2O2/c1-2-14(11-24)23(10-13-5-3-4-8-22-13)16(25)9-12-6-7-15(19)18(21)17(12)20/h3-8,14,24H,2,9-11H2,1H3. The molecule has 0 saturated carbocycles. The van der Waals surface area contributed by atoms with Crippen molar-refractivity contribution in [1.29, 1.82) is 0 Å². The third-order valence-corrected chi connectivity index (χ3v) is 3.96. The summed E-state index contributed by atoms with van der Waals surface area (Å²) in [6, 6.07) is 6.57. The first kappa shape index (κ1) is 18.9. The number of aliphatic hydroxyl groups excluding tert-OH is 1. The van der Waals surface area contributed by atoms with Crippen LogP contribution in [0.25, 0.3) is 0 Å². The molecule has 1 unspecified atom stereocenters. The summed E-state index contributed by atoms with van der Waals surface area (Å²) in [5.41, 5.74) is 0.372. The van der Waals surface area contributed by atoms with Gasteiger partial charge in [0.25, 0.3) is 0 Å². The van der Waals surface area contributed by atoms with Crippen LogP contribution in [0.5, 0.6) is 0 Å². The molecular weight excluding hydrogens is 333 g/mol. The Labute approximate surface area is 143 Å². The molecule has 1 atom stereocenters. The van der Waals surface area contributed by atoms with Crippen molar-refractivity contribution >= 4 is 5.91 Å². The first-order valence-corrected chi connectivity index (χ1v) is 7.90. The zero-order valence-corrected chi connectivity index (χ0v) is 13.8. The number of carbonyl (C=O) groups is 1. The molecule has 2 rings (SSSR count). The van der Waals surface area contributed by atoms with E-state index in [4.69, 9.17) is 0 Å². The maximum atomic E-state index is 13.8. The molecule has 2 aromatic rings. The molecule has 7 heteroatoms. The molecule has 0 aliphatic carbocycles. The Morgan fingerprint density at radius 2 is 1.96 bits per heavy atom. The average molecular weight is 352 g/mol. The third-order valence-electron chi connectivity index (χ3n) is 3.96. The highest BCUT2D eigenvalue weighted by atomic mass is 19.2. The van der Waals surface area contributed by atoms with Gasteiger partial charge in [-0.25, -0.2) is 13.2 Å². The molecule has 0 aliphatic heterocycles. The second kappa shape index (κ2) is 8.62. The second-order valence-corrected chi connectivity index (χ2v) is 5.60. The number of hydrogen-bond acceptors (Lipinski definition) is 3. The van der Waals surface area contributed by atoms with E-state index in [-0.39, 0.29) is 18.7 Å². The normalized spacial score (nSPS) is 12.0. The largest absolute Gasteiger partial charge is 0.394 e. The van der Waals surface area contributed by atoms with E-state index in [0.29, 0.717) is 12.1 Å². The molecule has 0 aliphatic rings. The van der Waals surface area contributed by atoms with Crippen molar-refractivity contribution in [2.45, 2.75) is 32.4 Å². The molecule has 0 fully saturated rings. The lowest BCUT2D eigenvalue weighted by Gasteiger charge is -2.30. The summed E-state index contributed by atoms with van der Waals surface area (Å²) in [5, 5.41) is 9.53. The molecule has 0 radical (unpaired) electrons. The Morgan fingerprint density at radius 1 is 1.20 bits per heavy atom. The van der Waals surface area contributed by atoms with Crippen molar-refractivity contribution in [3.63, 3.8) is 0 Å². The van der Waals surface area contributed by atoms with Gasteiger partial charge < -0.3 is 10.0 Å². The number of pyridine rings is 1. The fourth-order valence-corrected chi connectivity index (χ4v) is 2.50. The van der Waals surface area contributed by atoms with Crippen LogP contribution in [0, 0.1) is 17.5 Å². The van der Waals surface area contributed by atoms with Crippen molar-refractivity contribution < 1.29 is 23.1 Å². The van der Waals surface area contributed by atoms with E-state index in [1.54, 1.807) is 31.3 Å². The van der Waals surface area contributed by atoms with Gasteiger partial charge in [-0.3, -0.25) is 9.78 Å². The molecule has 1 aromatic heterocycles. The van der Waals surface area contributed by atoms with E-state index >= 15 is 0 Å². The molecule has 0 bridgehead atoms. The van der Waals surface area contributed by atoms with E-state index in [0.717, 1.165) is 12.1 Å². The van der Waals surface area contributed by atoms with Crippen LogP contribution in [0.4, 0.5) is 13.2 Å². The lowest BCUT2D eigenvalue weighted by molar-refractivity contribution is -0.134. The molecule has 1 N–H and O–H groups in total. The summed E-state index contributed by atoms with van der Waals surface area (Å²) < 4.78 is 40.2. The van der Waals surface area contributed by atoms with Crippen LogP contribution in [0.15, 0.2) is 36.5 Å². The van der Waals surface area contributed by atoms with Gasteiger partial charge in [0.2, 0.25) is 5.91 Å². The molecule has 1 aromatic carbocycles. The first-order chi connectivity index (χ1) is 12.0. The number of amides is 1. The van der Waals surface area contributed by atoms with Gasteiger partial charge >= 0.3 is 0 Å². The van der Waals surface area contributed by atoms with Crippen molar-refractivity contribution in [3.05, 3.63) is 65.2 Å². The Morgan fingerprint density at radius 3 is 2.56 bits per heavy atom. The third kappa shape index (κ3) is 4.57. The molecule has 0 saturated heterocycles. The van der Waals surface area contributed by atoms with E-state index in [1.165, 1.54) is 4.90 Å². The quantitative estimate of drug-likeness (QED) is 0.780. The Kier molecular flexibility index (Phi) is 6.52. The van der Waals surface area contributed by atoms with Crippen LogP contribution in [-0.4, -0.2) is 33.5 Å². The van der Waals surface area contributed by atoms with Gasteiger partial charge in [0.05, 0.1) is 31.3 Å². The zero-order chi connectivity index (χ0) is 18.4. The van der Waals surface area contributed by atoms with Gasteiger partial charge in [0.15, 0.2) is 17.5 Å². The van der Waals surface area contributed by atoms with Gasteiger partial charge in [0.1, 0.15) is 0 Å². The van der Waals surface area contributed by atoms with Gasteiger partial charge in [0, 0.05) is 11.8 Å². The summed E-state index contributed by atoms with van der Waals surface area (Å²) in [4.78, 5) is 18.1. The van der Waals surface area contributed by atoms with Gasteiger partial charge in [-0.05, 0) is 24.6 Å². The van der Waals surface area contributed by atoms with Crippen LogP contribution in [0.2, 0.25) is 0 Å². The van der Waals surface area contributed by atoms with Crippen molar-refractivity contribution in [3.8, 4) is 0 Å². The van der Waals surface area contributed by atoms with Crippen LogP contribution >= 0.6 is 0 Å². The number of halogens is 3. The molecule has 134 valence electrons. The highest BCUT2D eigenvalue weighted by Gasteiger charge is 2.24. The van der Waals surface area contributed by atoms with Gasteiger partial charge in [-0.1, -0.05) is 19.1 Å². The van der Waals surface area contributed by atoms with Crippen LogP contribution in [0.1, 0.15) is 24.6 Å². The zero-order valence-electron chi connectivity index (χ0n) is 13.8. The summed E-state index contributed by atoms with van der Waals surface area (Å²) in [7, 11) is 0. The summed E-state index contributed by atoms with van der Waals surface area (Å²) >= 11 is 0. The summed E-state index contributed by atoms with van der Waals surface area (Å²) in [5.74, 6) is -4.78. The second-order valence-electron chi connectivity index (χ2n) is 5.60. The van der Waals surface area contributed by atoms with Crippen LogP contribution in [-0.2, 0) is 17.8 Å². The smallest absolute Gasteiger partial charge is 0.227 e. The van der Waals surface area contributed by atoms with Gasteiger partial charge in [-0.15, -0.1) is 0 Å². The average Bonchev–Trinajstić information content (AvgIpc) is 2.63. The minimum absolute atomic E-state index is 0.129. The number of nitrogens with zero attached hydrogens (tertiary/aromatic N) is 2. The fraction of sp³-hybridized carbons (Fsp3) is 0.333. The minimum Gasteiger partial charge on any atom is -0.394 e. The highest BCUT2D eigenvalue weighted by molar-refractivity contribution is 5.79. The SMILES string of the molecule is CCC(CO)N(Cc1ccccn1)C(=O)Cc1ccc(F)c(F)c1F. The van der Waals surface area contributed by atoms with Crippen LogP contribution in [0.3, 0.4) is 0 Å². The molecular formula is C18H19F3N2O2. The number of rotatable bonds is 7. The maximum Gasteiger partial charge on any atom is 0.227 e. The van der Waals surface area contributed by atoms with Gasteiger partial charge in [-0.2, -0.15) is 0 Å². The Hall–Kier alpha value is -2.41. The number of hydrogen-bond donors (Lipinski definition) is 1. The Bertz CT molecular complexity index is 722. The number of aliphatic hydroxyl groups is 1. The summed E-state index contributed by atoms with van der Waals surface area (Å²) in [6.45, 7) is 1.66. The lowest BCUT2D eigenvalue weighted by Crippen LogP contribution is -2.42. The molecule has 1 amide bonds. The van der Waals surface area contributed by atoms with Crippen molar-refractivity contribution in [1.82, 2.24) is 9.88 Å². The monoisotopic (exact) mass is 352 g/mol. The molecule has 1 heterocycles. The van der Waals surface area contributed by atoms with Crippen molar-refractivity contribution in [2.24, 2.45) is 0 Å². The van der Waals surface area contributed by atoms with Crippen molar-refractivity contribution in [2.75, 3.05) is 6.61 Å². The lowest BCUT2D eigenvalue weighted by atomic mass is 10.1. The molecule has 25 heavy (non-hydrogen) atoms. The topological polar surface area (TPSA) is 53.4 Å². The fourth-order valence-electron chi connectivity index (χ4n) is 2.50. The number of aromatic nitrogens is 1. The first-order valence-electron chi connectivity index (χ1n) is 7.90. The van der Waals surface area contributed by atoms with E-state index in [9.17, 15) is 23.1 Å². The number of carbonyl (C=O) groups excluding carboxylic acids is 1. The molecule has 4 nitrogen and oxygen atoms in total. The van der Waals surface area contributed by atoms with Crippen LogP contribution < -0.4 is 0 Å². The Balaban J connectivity index is 2.24. The van der Waals surface area contributed by atoms with E-state index < -0.39 is 35.8 Å². The van der Waals surface area contributed by atoms with E-state index in [2.05, 4.69) is 4.98 Å². The summed E-state index contributed by atoms with van der Waals surface area (Å²) in [6.07, 6.45) is 1.62.